The third-order valence-electron chi connectivity index (χ3n) is 5.85. The lowest BCUT2D eigenvalue weighted by Crippen LogP contribution is -2.30. The third-order valence-corrected chi connectivity index (χ3v) is 24.8. The topological polar surface area (TPSA) is 72.1 Å². The predicted octanol–water partition coefficient (Wildman–Crippen LogP) is 5.95. The van der Waals surface area contributed by atoms with Crippen LogP contribution in [0.3, 0.4) is 0 Å². The Labute approximate surface area is 219 Å². The highest BCUT2D eigenvalue weighted by atomic mass is 31.3. The molecule has 0 spiro atoms. The smallest absolute Gasteiger partial charge is 0.261 e. The summed E-state index contributed by atoms with van der Waals surface area (Å²) >= 11 is 0. The van der Waals surface area contributed by atoms with Crippen LogP contribution in [0.25, 0.3) is 0 Å². The molecule has 0 radical (unpaired) electrons. The van der Waals surface area contributed by atoms with E-state index in [9.17, 15) is 0 Å². The number of hydrogen-bond donors (Lipinski definition) is 0. The highest BCUT2D eigenvalue weighted by molar-refractivity contribution is 7.88. The molecule has 0 N–H and O–H groups in total. The first-order valence-electron chi connectivity index (χ1n) is 11.5. The monoisotopic (exact) mass is 594 g/mol. The molecule has 0 aromatic heterocycles. The minimum Gasteiger partial charge on any atom is -0.261 e. The maximum Gasteiger partial charge on any atom is 0.496 e. The molecule has 0 rings (SSSR count). The maximum absolute atomic E-state index is 5.80. The van der Waals surface area contributed by atoms with Gasteiger partial charge >= 0.3 is 7.87 Å². The second-order valence-electron chi connectivity index (χ2n) is 11.0. The van der Waals surface area contributed by atoms with E-state index < -0.39 is 37.1 Å². The highest BCUT2D eigenvalue weighted by Crippen LogP contribution is 2.84. The van der Waals surface area contributed by atoms with E-state index in [0.717, 1.165) is 0 Å². The zero-order chi connectivity index (χ0) is 28.4. The Hall–Kier alpha value is 1.07. The molecule has 11 nitrogen and oxygen atoms in total. The number of nitrogens with zero attached hydrogens (tertiary/aromatic N) is 11. The highest BCUT2D eigenvalue weighted by Gasteiger charge is 2.51. The Balaban J connectivity index is 8.75. The molecule has 0 bridgehead atoms. The summed E-state index contributed by atoms with van der Waals surface area (Å²) in [4.78, 5) is 0. The Morgan fingerprint density at radius 2 is 0.629 bits per heavy atom. The van der Waals surface area contributed by atoms with Gasteiger partial charge in [-0.05, 0) is 132 Å². The normalized spacial score (nSPS) is 14.8. The van der Waals surface area contributed by atoms with Gasteiger partial charge in [-0.2, -0.15) is 0 Å². The van der Waals surface area contributed by atoms with Crippen LogP contribution < -0.4 is 0 Å². The zero-order valence-electron chi connectivity index (χ0n) is 26.2. The van der Waals surface area contributed by atoms with Gasteiger partial charge in [0.1, 0.15) is 14.7 Å². The van der Waals surface area contributed by atoms with Gasteiger partial charge in [0.15, 0.2) is 0 Å². The summed E-state index contributed by atoms with van der Waals surface area (Å²) < 4.78 is 38.5. The zero-order valence-corrected chi connectivity index (χ0v) is 30.6. The maximum atomic E-state index is 5.80. The van der Waals surface area contributed by atoms with E-state index in [0.29, 0.717) is 0 Å². The number of hydrogen-bond acceptors (Lipinski definition) is 4. The molecule has 0 atom stereocenters. The van der Waals surface area contributed by atoms with Crippen LogP contribution in [-0.2, 0) is 0 Å². The lowest BCUT2D eigenvalue weighted by Gasteiger charge is -2.40. The summed E-state index contributed by atoms with van der Waals surface area (Å²) in [5.41, 5.74) is 0. The summed E-state index contributed by atoms with van der Waals surface area (Å²) in [6, 6.07) is 0. The van der Waals surface area contributed by atoms with E-state index in [-0.39, 0.29) is 0 Å². The minimum atomic E-state index is -2.95. The lowest BCUT2D eigenvalue weighted by atomic mass is 11.2. The summed E-state index contributed by atoms with van der Waals surface area (Å²) in [7, 11) is 18.3. The average Bonchev–Trinajstić information content (AvgIpc) is 2.62. The largest absolute Gasteiger partial charge is 0.496 e. The van der Waals surface area contributed by atoms with E-state index in [4.69, 9.17) is 18.1 Å². The van der Waals surface area contributed by atoms with E-state index in [1.54, 1.807) is 0 Å². The molecule has 0 aliphatic heterocycles. The SMILES string of the molecule is CN(C)P(C)(=N[P+](N=P(C)(C)C)(N=P(C)(N(C)C)N(C)C)N=P(N(C)C)(N(C)C)N(C)C)N(C)C. The predicted molar refractivity (Wildman–Crippen MR) is 170 cm³/mol. The van der Waals surface area contributed by atoms with Gasteiger partial charge < -0.3 is 0 Å². The molecule has 0 aromatic carbocycles. The van der Waals surface area contributed by atoms with Gasteiger partial charge in [0.2, 0.25) is 7.51 Å². The molecule has 0 saturated heterocycles. The van der Waals surface area contributed by atoms with Gasteiger partial charge in [-0.15, -0.1) is 0 Å². The van der Waals surface area contributed by atoms with E-state index in [2.05, 4.69) is 165 Å². The summed E-state index contributed by atoms with van der Waals surface area (Å²) in [6.07, 6.45) is 0. The molecule has 0 aromatic rings. The fourth-order valence-electron chi connectivity index (χ4n) is 3.43. The fourth-order valence-corrected chi connectivity index (χ4v) is 22.1. The second kappa shape index (κ2) is 12.9. The molecule has 0 heterocycles. The van der Waals surface area contributed by atoms with Crippen LogP contribution in [0.5, 0.6) is 0 Å². The van der Waals surface area contributed by atoms with Gasteiger partial charge in [-0.3, -0.25) is 18.7 Å². The van der Waals surface area contributed by atoms with E-state index >= 15 is 0 Å². The van der Waals surface area contributed by atoms with Gasteiger partial charge in [0, 0.05) is 20.4 Å². The van der Waals surface area contributed by atoms with Crippen molar-refractivity contribution in [2.24, 2.45) is 18.1 Å². The molecule has 35 heavy (non-hydrogen) atoms. The summed E-state index contributed by atoms with van der Waals surface area (Å²) in [6.45, 7) is 11.2. The third kappa shape index (κ3) is 8.53. The van der Waals surface area contributed by atoms with Gasteiger partial charge in [0.05, 0.1) is 0 Å². The van der Waals surface area contributed by atoms with Crippen molar-refractivity contribution in [2.75, 3.05) is 132 Å². The van der Waals surface area contributed by atoms with Gasteiger partial charge in [-0.1, -0.05) is 4.52 Å². The average molecular weight is 595 g/mol. The van der Waals surface area contributed by atoms with Crippen molar-refractivity contribution >= 4 is 37.1 Å². The Morgan fingerprint density at radius 1 is 0.371 bits per heavy atom. The molecule has 0 saturated carbocycles. The molecule has 16 heteroatoms. The van der Waals surface area contributed by atoms with Crippen molar-refractivity contribution in [3.05, 3.63) is 0 Å². The van der Waals surface area contributed by atoms with E-state index in [1.807, 2.05) is 0 Å². The molecular weight excluding hydrogens is 537 g/mol. The Morgan fingerprint density at radius 3 is 0.800 bits per heavy atom. The quantitative estimate of drug-likeness (QED) is 0.274. The molecule has 0 fully saturated rings. The molecule has 0 aliphatic rings. The van der Waals surface area contributed by atoms with Crippen molar-refractivity contribution in [1.82, 2.24) is 32.7 Å². The van der Waals surface area contributed by atoms with Crippen molar-refractivity contribution in [3.8, 4) is 0 Å². The molecule has 212 valence electrons. The molecule has 0 amide bonds. The summed E-state index contributed by atoms with van der Waals surface area (Å²) in [5.74, 6) is 0. The van der Waals surface area contributed by atoms with Crippen LogP contribution >= 0.6 is 37.1 Å². The summed E-state index contributed by atoms with van der Waals surface area (Å²) in [5, 5.41) is 0. The van der Waals surface area contributed by atoms with Crippen LogP contribution in [0.4, 0.5) is 0 Å². The van der Waals surface area contributed by atoms with Crippen molar-refractivity contribution < 1.29 is 0 Å². The van der Waals surface area contributed by atoms with Gasteiger partial charge in [0.25, 0.3) is 0 Å². The first-order valence-corrected chi connectivity index (χ1v) is 22.0. The Bertz CT molecular complexity index is 831. The van der Waals surface area contributed by atoms with Crippen molar-refractivity contribution in [1.29, 1.82) is 0 Å². The van der Waals surface area contributed by atoms with E-state index in [1.165, 1.54) is 0 Å². The molecular formula is C19H57N11P5+. The first kappa shape index (κ1) is 36.1. The van der Waals surface area contributed by atoms with Crippen molar-refractivity contribution in [2.45, 2.75) is 0 Å². The van der Waals surface area contributed by atoms with Crippen molar-refractivity contribution in [3.63, 3.8) is 0 Å². The first-order chi connectivity index (χ1) is 15.4. The Kier molecular flexibility index (Phi) is 13.3. The van der Waals surface area contributed by atoms with Crippen LogP contribution in [0.15, 0.2) is 18.1 Å². The van der Waals surface area contributed by atoms with Gasteiger partial charge in [-0.25, -0.2) is 14.0 Å². The number of rotatable bonds is 11. The second-order valence-corrected chi connectivity index (χ2v) is 29.0. The van der Waals surface area contributed by atoms with Crippen LogP contribution in [-0.4, -0.2) is 165 Å². The standard InChI is InChI=1S/C19H57N11P5/c1-24(2)32(18,25(3)4)21-34(20-31(15,16)17,22-33(19,26(5)6)27(7)8)23-35(28(9)10,29(11)12)30(13)14/h1-19H3/q+1. The van der Waals surface area contributed by atoms with Crippen LogP contribution in [0.1, 0.15) is 0 Å². The van der Waals surface area contributed by atoms with Crippen LogP contribution in [0.2, 0.25) is 0 Å². The fraction of sp³-hybridized carbons (Fsp3) is 1.00. The lowest BCUT2D eigenvalue weighted by molar-refractivity contribution is 0.475. The molecule has 0 aliphatic carbocycles. The van der Waals surface area contributed by atoms with Crippen LogP contribution in [0, 0.1) is 0 Å². The minimum absolute atomic E-state index is 1.69. The molecule has 0 unspecified atom stereocenters.